The first kappa shape index (κ1) is 20.7. The molecule has 33 heavy (non-hydrogen) atoms. The Bertz CT molecular complexity index is 1330. The zero-order chi connectivity index (χ0) is 22.9. The third-order valence-electron chi connectivity index (χ3n) is 5.64. The minimum absolute atomic E-state index is 0.225. The van der Waals surface area contributed by atoms with Crippen molar-refractivity contribution < 1.29 is 18.1 Å². The molecule has 0 saturated heterocycles. The van der Waals surface area contributed by atoms with Crippen LogP contribution in [0.25, 0.3) is 17.0 Å². The second-order valence-corrected chi connectivity index (χ2v) is 7.89. The number of rotatable bonds is 5. The largest absolute Gasteiger partial charge is 0.467 e. The number of amides is 2. The van der Waals surface area contributed by atoms with E-state index >= 15 is 0 Å². The summed E-state index contributed by atoms with van der Waals surface area (Å²) in [7, 11) is 0. The molecule has 1 unspecified atom stereocenters. The van der Waals surface area contributed by atoms with Crippen LogP contribution in [-0.2, 0) is 6.54 Å². The molecule has 1 N–H and O–H groups in total. The molecule has 2 amide bonds. The van der Waals surface area contributed by atoms with Crippen molar-refractivity contribution in [2.45, 2.75) is 26.4 Å². The Labute approximate surface area is 189 Å². The van der Waals surface area contributed by atoms with Gasteiger partial charge in [0.1, 0.15) is 11.6 Å². The summed E-state index contributed by atoms with van der Waals surface area (Å²) >= 11 is 0. The molecule has 1 atom stereocenters. The molecule has 2 aromatic carbocycles. The van der Waals surface area contributed by atoms with Gasteiger partial charge < -0.3 is 14.3 Å². The van der Waals surface area contributed by atoms with E-state index in [1.165, 1.54) is 12.1 Å². The van der Waals surface area contributed by atoms with Gasteiger partial charge >= 0.3 is 6.03 Å². The van der Waals surface area contributed by atoms with Gasteiger partial charge in [-0.1, -0.05) is 47.1 Å². The summed E-state index contributed by atoms with van der Waals surface area (Å²) in [6.07, 6.45) is 1.55. The van der Waals surface area contributed by atoms with Crippen LogP contribution in [0.3, 0.4) is 0 Å². The maximum atomic E-state index is 14.0. The van der Waals surface area contributed by atoms with Crippen LogP contribution in [0.4, 0.5) is 9.18 Å². The number of nitrogens with zero attached hydrogens (tertiary/aromatic N) is 3. The fourth-order valence-electron chi connectivity index (χ4n) is 3.90. The molecule has 0 spiro atoms. The smallest absolute Gasteiger partial charge is 0.322 e. The van der Waals surface area contributed by atoms with Crippen molar-refractivity contribution in [2.24, 2.45) is 0 Å². The number of hydrogen-bond donors (Lipinski definition) is 1. The van der Waals surface area contributed by atoms with Gasteiger partial charge in [-0.15, -0.1) is 0 Å². The van der Waals surface area contributed by atoms with Crippen molar-refractivity contribution in [3.63, 3.8) is 0 Å². The lowest BCUT2D eigenvalue weighted by Crippen LogP contribution is -2.45. The molecule has 1 aliphatic rings. The molecule has 2 aromatic heterocycles. The fourth-order valence-corrected chi connectivity index (χ4v) is 3.90. The van der Waals surface area contributed by atoms with Gasteiger partial charge in [-0.3, -0.25) is 4.90 Å². The van der Waals surface area contributed by atoms with E-state index in [2.05, 4.69) is 15.5 Å². The normalized spacial score (nSPS) is 16.3. The molecule has 8 heteroatoms. The van der Waals surface area contributed by atoms with Gasteiger partial charge in [-0.25, -0.2) is 9.18 Å². The number of nitrogens with one attached hydrogen (secondary N) is 1. The second kappa shape index (κ2) is 8.38. The van der Waals surface area contributed by atoms with E-state index < -0.39 is 11.9 Å². The van der Waals surface area contributed by atoms with E-state index in [9.17, 15) is 9.18 Å². The number of carbonyl (C=O) groups is 1. The number of furan rings is 1. The number of allylic oxidation sites excluding steroid dienone is 1. The van der Waals surface area contributed by atoms with E-state index in [1.807, 2.05) is 31.2 Å². The average Bonchev–Trinajstić information content (AvgIpc) is 3.49. The van der Waals surface area contributed by atoms with Gasteiger partial charge in [0, 0.05) is 11.3 Å². The minimum atomic E-state index is -0.660. The lowest BCUT2D eigenvalue weighted by Gasteiger charge is -2.34. The van der Waals surface area contributed by atoms with Crippen molar-refractivity contribution in [1.29, 1.82) is 0 Å². The topological polar surface area (TPSA) is 84.4 Å². The van der Waals surface area contributed by atoms with E-state index in [0.717, 1.165) is 11.1 Å². The van der Waals surface area contributed by atoms with E-state index in [-0.39, 0.29) is 18.5 Å². The molecular formula is C25H21FN4O3. The number of halogens is 1. The quantitative estimate of drug-likeness (QED) is 0.441. The molecule has 3 heterocycles. The Hall–Kier alpha value is -4.20. The first-order chi connectivity index (χ1) is 16.0. The Kier molecular flexibility index (Phi) is 5.26. The molecule has 1 aliphatic heterocycles. The SMILES string of the molecule is CC1=C(c2nc(-c3ccc(C)cc3)no2)C(c2cccc(F)c2)NC(=O)N1Cc1ccco1. The summed E-state index contributed by atoms with van der Waals surface area (Å²) in [5, 5.41) is 7.10. The third-order valence-corrected chi connectivity index (χ3v) is 5.64. The Morgan fingerprint density at radius 3 is 2.64 bits per heavy atom. The van der Waals surface area contributed by atoms with Gasteiger partial charge in [0.2, 0.25) is 5.82 Å². The summed E-state index contributed by atoms with van der Waals surface area (Å²) in [4.78, 5) is 19.2. The van der Waals surface area contributed by atoms with Gasteiger partial charge in [0.15, 0.2) is 0 Å². The Balaban J connectivity index is 1.60. The highest BCUT2D eigenvalue weighted by Gasteiger charge is 2.36. The highest BCUT2D eigenvalue weighted by Crippen LogP contribution is 2.38. The van der Waals surface area contributed by atoms with E-state index in [1.54, 1.807) is 42.4 Å². The number of urea groups is 1. The van der Waals surface area contributed by atoms with Gasteiger partial charge in [0.05, 0.1) is 24.4 Å². The molecule has 0 fully saturated rings. The van der Waals surface area contributed by atoms with E-state index in [0.29, 0.717) is 28.4 Å². The molecule has 166 valence electrons. The van der Waals surface area contributed by atoms with Crippen LogP contribution in [0.15, 0.2) is 81.6 Å². The van der Waals surface area contributed by atoms with Gasteiger partial charge in [-0.2, -0.15) is 4.98 Å². The summed E-state index contributed by atoms with van der Waals surface area (Å²) < 4.78 is 25.1. The molecular weight excluding hydrogens is 423 g/mol. The third kappa shape index (κ3) is 4.03. The average molecular weight is 444 g/mol. The lowest BCUT2D eigenvalue weighted by atomic mass is 9.94. The summed E-state index contributed by atoms with van der Waals surface area (Å²) in [6.45, 7) is 4.03. The number of hydrogen-bond acceptors (Lipinski definition) is 5. The molecule has 0 aliphatic carbocycles. The number of carbonyl (C=O) groups excluding carboxylic acids is 1. The molecule has 5 rings (SSSR count). The van der Waals surface area contributed by atoms with Crippen LogP contribution in [0.2, 0.25) is 0 Å². The van der Waals surface area contributed by atoms with Crippen molar-refractivity contribution in [3.05, 3.63) is 101 Å². The molecule has 0 bridgehead atoms. The molecule has 0 saturated carbocycles. The van der Waals surface area contributed by atoms with Crippen molar-refractivity contribution >= 4 is 11.6 Å². The maximum absolute atomic E-state index is 14.0. The first-order valence-corrected chi connectivity index (χ1v) is 10.5. The van der Waals surface area contributed by atoms with Crippen LogP contribution in [-0.4, -0.2) is 21.1 Å². The highest BCUT2D eigenvalue weighted by atomic mass is 19.1. The predicted molar refractivity (Wildman–Crippen MR) is 119 cm³/mol. The van der Waals surface area contributed by atoms with E-state index in [4.69, 9.17) is 8.94 Å². The predicted octanol–water partition coefficient (Wildman–Crippen LogP) is 5.47. The van der Waals surface area contributed by atoms with Gasteiger partial charge in [-0.05, 0) is 43.7 Å². The van der Waals surface area contributed by atoms with Crippen LogP contribution >= 0.6 is 0 Å². The first-order valence-electron chi connectivity index (χ1n) is 10.5. The number of benzene rings is 2. The van der Waals surface area contributed by atoms with Gasteiger partial charge in [0.25, 0.3) is 5.89 Å². The number of aromatic nitrogens is 2. The highest BCUT2D eigenvalue weighted by molar-refractivity contribution is 5.86. The second-order valence-electron chi connectivity index (χ2n) is 7.89. The minimum Gasteiger partial charge on any atom is -0.467 e. The Morgan fingerprint density at radius 1 is 1.09 bits per heavy atom. The van der Waals surface area contributed by atoms with Crippen molar-refractivity contribution in [3.8, 4) is 11.4 Å². The van der Waals surface area contributed by atoms with Crippen LogP contribution in [0.5, 0.6) is 0 Å². The van der Waals surface area contributed by atoms with Crippen molar-refractivity contribution in [2.75, 3.05) is 0 Å². The van der Waals surface area contributed by atoms with Crippen LogP contribution in [0.1, 0.15) is 35.7 Å². The lowest BCUT2D eigenvalue weighted by molar-refractivity contribution is 0.199. The van der Waals surface area contributed by atoms with Crippen LogP contribution < -0.4 is 5.32 Å². The maximum Gasteiger partial charge on any atom is 0.322 e. The molecule has 4 aromatic rings. The van der Waals surface area contributed by atoms with Crippen LogP contribution in [0, 0.1) is 12.7 Å². The van der Waals surface area contributed by atoms with Crippen molar-refractivity contribution in [1.82, 2.24) is 20.4 Å². The number of aryl methyl sites for hydroxylation is 1. The zero-order valence-corrected chi connectivity index (χ0v) is 18.1. The fraction of sp³-hybridized carbons (Fsp3) is 0.160. The molecule has 7 nitrogen and oxygen atoms in total. The Morgan fingerprint density at radius 2 is 1.91 bits per heavy atom. The molecule has 0 radical (unpaired) electrons. The summed E-state index contributed by atoms with van der Waals surface area (Å²) in [5.74, 6) is 0.904. The summed E-state index contributed by atoms with van der Waals surface area (Å²) in [6, 6.07) is 16.4. The zero-order valence-electron chi connectivity index (χ0n) is 18.1. The summed E-state index contributed by atoms with van der Waals surface area (Å²) in [5.41, 5.74) is 3.71. The monoisotopic (exact) mass is 444 g/mol. The standard InChI is InChI=1S/C25H21FN4O3/c1-15-8-10-17(11-9-15)23-28-24(33-29-23)21-16(2)30(14-20-7-4-12-32-20)25(31)27-22(21)18-5-3-6-19(26)13-18/h3-13,22H,14H2,1-2H3,(H,27,31).